The van der Waals surface area contributed by atoms with Gasteiger partial charge in [-0.1, -0.05) is 64.2 Å². The quantitative estimate of drug-likeness (QED) is 0.0514. The number of unbranched alkanes of at least 4 members (excludes halogenated alkanes) is 8. The molecule has 37 heavy (non-hydrogen) atoms. The molecule has 208 valence electrons. The molecular weight excluding hydrogens is 537 g/mol. The molecule has 0 unspecified atom stereocenters. The zero-order valence-corrected chi connectivity index (χ0v) is 28.2. The van der Waals surface area contributed by atoms with Crippen molar-refractivity contribution < 1.29 is 107 Å². The van der Waals surface area contributed by atoms with Crippen LogP contribution in [0, 0.1) is 47.4 Å². The molecule has 0 aliphatic heterocycles. The molecule has 0 aliphatic rings. The van der Waals surface area contributed by atoms with Crippen LogP contribution < -0.4 is 68.9 Å². The standard InChI is InChI=1S/C25H33O8P.2Na.H2S.7H2/c1-3-5-7-9-11-12-14-16-18-20-25(27)33-23(22-32-34(28,29)30)21-31-24(26)19-17-15-13-10-8-6-4-2;;;;;;;;;;/h23H,3,5,7,9,11-12,14,16,18,20-22H2,1-2H3,(H2,28,29,30);;;1H2;7*1H/q;2*+1;;;;;;;;/p-2/t23-;;;;;;;;;;/m0........../s1. The first-order valence-electron chi connectivity index (χ1n) is 11.2. The average Bonchev–Trinajstić information content (AvgIpc) is 2.78. The van der Waals surface area contributed by atoms with Crippen LogP contribution in [0.1, 0.15) is 88.0 Å². The number of rotatable bonds is 16. The first-order chi connectivity index (χ1) is 16.3. The minimum atomic E-state index is -5.29. The van der Waals surface area contributed by atoms with Crippen molar-refractivity contribution in [3.05, 3.63) is 0 Å². The number of carbonyl (C=O) groups excluding carboxylic acids is 2. The molecule has 0 saturated heterocycles. The van der Waals surface area contributed by atoms with Crippen LogP contribution in [0.25, 0.3) is 0 Å². The fourth-order valence-electron chi connectivity index (χ4n) is 2.59. The second kappa shape index (κ2) is 30.2. The van der Waals surface area contributed by atoms with Crippen molar-refractivity contribution in [1.29, 1.82) is 0 Å². The van der Waals surface area contributed by atoms with Gasteiger partial charge in [0, 0.05) is 22.3 Å². The SMILES string of the molecule is CC#CC#CC#CC#CC(=O)OC[C@@H](COP(=O)([O-])[O-])OC(=O)CCCCCCCCCCC.S.[HH].[HH].[HH].[HH].[HH].[HH].[HH].[Na+].[Na+]. The van der Waals surface area contributed by atoms with Gasteiger partial charge in [0.2, 0.25) is 0 Å². The van der Waals surface area contributed by atoms with Crippen molar-refractivity contribution in [2.75, 3.05) is 13.2 Å². The van der Waals surface area contributed by atoms with Crippen molar-refractivity contribution in [1.82, 2.24) is 0 Å². The largest absolute Gasteiger partial charge is 1.00 e. The van der Waals surface area contributed by atoms with Gasteiger partial charge >= 0.3 is 71.1 Å². The Kier molecular flexibility index (Phi) is 35.6. The summed E-state index contributed by atoms with van der Waals surface area (Å²) in [6, 6.07) is 0. The van der Waals surface area contributed by atoms with E-state index in [1.807, 2.05) is 0 Å². The summed E-state index contributed by atoms with van der Waals surface area (Å²) in [6.07, 6.45) is 8.56. The molecule has 0 fully saturated rings. The third-order valence-electron chi connectivity index (χ3n) is 4.20. The van der Waals surface area contributed by atoms with Gasteiger partial charge in [0.25, 0.3) is 0 Å². The molecule has 0 saturated carbocycles. The summed E-state index contributed by atoms with van der Waals surface area (Å²) >= 11 is 0. The van der Waals surface area contributed by atoms with Crippen LogP contribution in [-0.4, -0.2) is 31.3 Å². The van der Waals surface area contributed by atoms with E-state index in [4.69, 9.17) is 9.47 Å². The molecule has 0 aromatic carbocycles. The minimum absolute atomic E-state index is 0. The molecule has 0 bridgehead atoms. The summed E-state index contributed by atoms with van der Waals surface area (Å²) in [5.41, 5.74) is 0. The monoisotopic (exact) mass is 584 g/mol. The molecule has 0 spiro atoms. The van der Waals surface area contributed by atoms with Crippen LogP contribution in [0.2, 0.25) is 0 Å². The second-order valence-electron chi connectivity index (χ2n) is 7.16. The Morgan fingerprint density at radius 3 is 1.89 bits per heavy atom. The van der Waals surface area contributed by atoms with E-state index in [0.717, 1.165) is 19.3 Å². The number of esters is 2. The molecular formula is C25H47Na2O8PS. The van der Waals surface area contributed by atoms with Crippen molar-refractivity contribution in [3.63, 3.8) is 0 Å². The third-order valence-corrected chi connectivity index (χ3v) is 4.67. The third kappa shape index (κ3) is 33.6. The molecule has 0 rings (SSSR count). The number of phosphoric ester groups is 1. The van der Waals surface area contributed by atoms with Crippen LogP contribution in [0.3, 0.4) is 0 Å². The summed E-state index contributed by atoms with van der Waals surface area (Å²) in [5.74, 6) is 17.3. The Bertz CT molecular complexity index is 951. The van der Waals surface area contributed by atoms with E-state index >= 15 is 0 Å². The van der Waals surface area contributed by atoms with Gasteiger partial charge in [-0.2, -0.15) is 13.5 Å². The van der Waals surface area contributed by atoms with E-state index in [9.17, 15) is 23.9 Å². The fourth-order valence-corrected chi connectivity index (χ4v) is 2.94. The van der Waals surface area contributed by atoms with E-state index in [-0.39, 0.29) is 89.0 Å². The first-order valence-corrected chi connectivity index (χ1v) is 12.7. The normalized spacial score (nSPS) is 9.73. The molecule has 0 aromatic heterocycles. The molecule has 0 amide bonds. The van der Waals surface area contributed by atoms with Gasteiger partial charge in [0.15, 0.2) is 6.10 Å². The maximum Gasteiger partial charge on any atom is 1.00 e. The van der Waals surface area contributed by atoms with Gasteiger partial charge in [-0.3, -0.25) is 4.79 Å². The zero-order valence-electron chi connectivity index (χ0n) is 22.3. The average molecular weight is 585 g/mol. The fraction of sp³-hybridized carbons (Fsp3) is 0.600. The van der Waals surface area contributed by atoms with Crippen molar-refractivity contribution >= 4 is 33.3 Å². The maximum absolute atomic E-state index is 12.0. The summed E-state index contributed by atoms with van der Waals surface area (Å²) in [6.45, 7) is 2.50. The van der Waals surface area contributed by atoms with Crippen LogP contribution in [0.5, 0.6) is 0 Å². The maximum atomic E-state index is 12.0. The van der Waals surface area contributed by atoms with Crippen LogP contribution >= 0.6 is 21.3 Å². The Balaban J connectivity index is -0.000000121. The molecule has 0 aromatic rings. The predicted octanol–water partition coefficient (Wildman–Crippen LogP) is -1.92. The smallest absolute Gasteiger partial charge is 0.790 e. The first kappa shape index (κ1) is 43.7. The Labute approximate surface area is 283 Å². The van der Waals surface area contributed by atoms with Crippen molar-refractivity contribution in [3.8, 4) is 47.4 Å². The van der Waals surface area contributed by atoms with Gasteiger partial charge in [0.05, 0.1) is 14.4 Å². The van der Waals surface area contributed by atoms with Gasteiger partial charge in [0.1, 0.15) is 6.61 Å². The Morgan fingerprint density at radius 1 is 0.838 bits per heavy atom. The van der Waals surface area contributed by atoms with Crippen molar-refractivity contribution in [2.24, 2.45) is 0 Å². The van der Waals surface area contributed by atoms with Crippen LogP contribution in [0.15, 0.2) is 0 Å². The molecule has 12 heteroatoms. The number of phosphoric acid groups is 1. The van der Waals surface area contributed by atoms with Crippen molar-refractivity contribution in [2.45, 2.75) is 84.2 Å². The van der Waals surface area contributed by atoms with E-state index < -0.39 is 39.1 Å². The number of hydrogen-bond acceptors (Lipinski definition) is 8. The number of carbonyl (C=O) groups is 2. The topological polar surface area (TPSA) is 125 Å². The summed E-state index contributed by atoms with van der Waals surface area (Å²) < 4.78 is 24.8. The molecule has 1 atom stereocenters. The molecule has 0 heterocycles. The minimum Gasteiger partial charge on any atom is -0.790 e. The van der Waals surface area contributed by atoms with E-state index in [2.05, 4.69) is 58.8 Å². The van der Waals surface area contributed by atoms with E-state index in [1.54, 1.807) is 6.92 Å². The van der Waals surface area contributed by atoms with Gasteiger partial charge < -0.3 is 28.3 Å². The number of hydrogen-bond donors (Lipinski definition) is 0. The van der Waals surface area contributed by atoms with Crippen LogP contribution in [-0.2, 0) is 28.2 Å². The van der Waals surface area contributed by atoms with Crippen LogP contribution in [0.4, 0.5) is 0 Å². The van der Waals surface area contributed by atoms with E-state index in [0.29, 0.717) is 6.42 Å². The molecule has 0 aliphatic carbocycles. The Morgan fingerprint density at radius 2 is 1.35 bits per heavy atom. The van der Waals surface area contributed by atoms with Gasteiger partial charge in [-0.15, -0.1) is 0 Å². The molecule has 8 nitrogen and oxygen atoms in total. The summed E-state index contributed by atoms with van der Waals surface area (Å²) in [7, 11) is -5.29. The predicted molar refractivity (Wildman–Crippen MR) is 148 cm³/mol. The summed E-state index contributed by atoms with van der Waals surface area (Å²) in [5, 5.41) is 0. The molecule has 0 N–H and O–H groups in total. The van der Waals surface area contributed by atoms with Gasteiger partial charge in [-0.25, -0.2) is 4.79 Å². The van der Waals surface area contributed by atoms with E-state index in [1.165, 1.54) is 32.1 Å². The Hall–Kier alpha value is -0.360. The number of ether oxygens (including phenoxy) is 2. The van der Waals surface area contributed by atoms with Gasteiger partial charge in [-0.05, 0) is 48.9 Å². The molecule has 0 radical (unpaired) electrons. The summed E-state index contributed by atoms with van der Waals surface area (Å²) in [4.78, 5) is 45.1. The second-order valence-corrected chi connectivity index (χ2v) is 8.31. The zero-order chi connectivity index (χ0) is 25.5.